The van der Waals surface area contributed by atoms with Gasteiger partial charge in [-0.25, -0.2) is 4.39 Å². The van der Waals surface area contributed by atoms with E-state index in [-0.39, 0.29) is 29.4 Å². The fourth-order valence-corrected chi connectivity index (χ4v) is 5.95. The van der Waals surface area contributed by atoms with Gasteiger partial charge in [-0.2, -0.15) is 0 Å². The van der Waals surface area contributed by atoms with Crippen molar-refractivity contribution in [3.05, 3.63) is 59.4 Å². The summed E-state index contributed by atoms with van der Waals surface area (Å²) >= 11 is 0. The second-order valence-electron chi connectivity index (χ2n) is 8.56. The van der Waals surface area contributed by atoms with Gasteiger partial charge in [-0.3, -0.25) is 9.69 Å². The standard InChI is InChI=1S/C24H27FN2O3/c1-29-21-7-4-3-6-17(21)14-26-15-18-13-20(16-8-9-19(25)22(12-16)30-2)27-11-5-10-24(18,27)23(26)28/h3-4,6-9,12,18,20H,5,10-11,13-15H2,1-2H3/t18-,20-,24-/m0/s1. The number of amides is 1. The van der Waals surface area contributed by atoms with Gasteiger partial charge in [0.2, 0.25) is 5.91 Å². The molecule has 1 amide bonds. The first-order valence-corrected chi connectivity index (χ1v) is 10.6. The van der Waals surface area contributed by atoms with Crippen LogP contribution in [0.5, 0.6) is 11.5 Å². The van der Waals surface area contributed by atoms with Crippen molar-refractivity contribution < 1.29 is 18.7 Å². The van der Waals surface area contributed by atoms with Crippen LogP contribution in [0.3, 0.4) is 0 Å². The smallest absolute Gasteiger partial charge is 0.243 e. The number of methoxy groups -OCH3 is 2. The molecule has 5 rings (SSSR count). The van der Waals surface area contributed by atoms with Crippen LogP contribution in [-0.2, 0) is 11.3 Å². The predicted octanol–water partition coefficient (Wildman–Crippen LogP) is 3.78. The molecule has 3 atom stereocenters. The Balaban J connectivity index is 1.43. The molecular formula is C24H27FN2O3. The summed E-state index contributed by atoms with van der Waals surface area (Å²) in [6, 6.07) is 13.1. The first-order valence-electron chi connectivity index (χ1n) is 10.6. The molecule has 0 N–H and O–H groups in total. The van der Waals surface area contributed by atoms with E-state index in [2.05, 4.69) is 4.90 Å². The molecule has 3 aliphatic heterocycles. The molecule has 1 spiro atoms. The van der Waals surface area contributed by atoms with Gasteiger partial charge in [0.05, 0.1) is 14.2 Å². The minimum Gasteiger partial charge on any atom is -0.496 e. The topological polar surface area (TPSA) is 42.0 Å². The van der Waals surface area contributed by atoms with Crippen LogP contribution < -0.4 is 9.47 Å². The van der Waals surface area contributed by atoms with E-state index in [4.69, 9.17) is 9.47 Å². The van der Waals surface area contributed by atoms with Gasteiger partial charge >= 0.3 is 0 Å². The molecule has 0 radical (unpaired) electrons. The summed E-state index contributed by atoms with van der Waals surface area (Å²) in [7, 11) is 3.15. The van der Waals surface area contributed by atoms with Crippen molar-refractivity contribution in [2.75, 3.05) is 27.3 Å². The fourth-order valence-electron chi connectivity index (χ4n) is 5.95. The SMILES string of the molecule is COc1cc([C@@H]2C[C@H]3CN(Cc4ccccc4OC)C(=O)[C@]34CCCN24)ccc1F. The number of rotatable bonds is 5. The minimum atomic E-state index is -0.422. The van der Waals surface area contributed by atoms with Gasteiger partial charge in [0, 0.05) is 30.6 Å². The predicted molar refractivity (Wildman–Crippen MR) is 111 cm³/mol. The monoisotopic (exact) mass is 410 g/mol. The molecule has 3 heterocycles. The zero-order chi connectivity index (χ0) is 20.9. The van der Waals surface area contributed by atoms with E-state index in [1.165, 1.54) is 13.2 Å². The normalized spacial score (nSPS) is 28.0. The minimum absolute atomic E-state index is 0.129. The van der Waals surface area contributed by atoms with E-state index in [0.717, 1.165) is 49.2 Å². The Bertz CT molecular complexity index is 981. The summed E-state index contributed by atoms with van der Waals surface area (Å²) in [5.41, 5.74) is 1.65. The highest BCUT2D eigenvalue weighted by Gasteiger charge is 2.65. The molecule has 3 fully saturated rings. The number of para-hydroxylation sites is 1. The van der Waals surface area contributed by atoms with Crippen molar-refractivity contribution in [2.24, 2.45) is 5.92 Å². The molecule has 158 valence electrons. The molecule has 0 unspecified atom stereocenters. The van der Waals surface area contributed by atoms with Crippen LogP contribution in [0.1, 0.15) is 36.4 Å². The van der Waals surface area contributed by atoms with Crippen molar-refractivity contribution in [3.63, 3.8) is 0 Å². The molecule has 3 aliphatic rings. The Morgan fingerprint density at radius 3 is 2.73 bits per heavy atom. The van der Waals surface area contributed by atoms with Crippen LogP contribution in [0, 0.1) is 11.7 Å². The molecule has 0 saturated carbocycles. The van der Waals surface area contributed by atoms with E-state index in [1.807, 2.05) is 35.2 Å². The Kier molecular flexibility index (Phi) is 4.69. The fraction of sp³-hybridized carbons (Fsp3) is 0.458. The number of hydrogen-bond donors (Lipinski definition) is 0. The average molecular weight is 410 g/mol. The summed E-state index contributed by atoms with van der Waals surface area (Å²) < 4.78 is 24.6. The van der Waals surface area contributed by atoms with Crippen molar-refractivity contribution in [1.82, 2.24) is 9.80 Å². The van der Waals surface area contributed by atoms with E-state index < -0.39 is 5.54 Å². The largest absolute Gasteiger partial charge is 0.496 e. The van der Waals surface area contributed by atoms with E-state index in [1.54, 1.807) is 13.2 Å². The first-order chi connectivity index (χ1) is 14.6. The van der Waals surface area contributed by atoms with Gasteiger partial charge in [0.15, 0.2) is 11.6 Å². The zero-order valence-electron chi connectivity index (χ0n) is 17.4. The summed E-state index contributed by atoms with van der Waals surface area (Å²) in [4.78, 5) is 18.1. The molecule has 0 aliphatic carbocycles. The molecule has 0 bridgehead atoms. The molecular weight excluding hydrogens is 383 g/mol. The Hall–Kier alpha value is -2.60. The van der Waals surface area contributed by atoms with E-state index in [9.17, 15) is 9.18 Å². The second kappa shape index (κ2) is 7.27. The van der Waals surface area contributed by atoms with Gasteiger partial charge in [-0.15, -0.1) is 0 Å². The Labute approximate surface area is 176 Å². The van der Waals surface area contributed by atoms with Crippen molar-refractivity contribution in [3.8, 4) is 11.5 Å². The number of benzene rings is 2. The van der Waals surface area contributed by atoms with E-state index in [0.29, 0.717) is 6.54 Å². The lowest BCUT2D eigenvalue weighted by Crippen LogP contribution is -2.49. The maximum Gasteiger partial charge on any atom is 0.243 e. The quantitative estimate of drug-likeness (QED) is 0.752. The Morgan fingerprint density at radius 2 is 1.93 bits per heavy atom. The number of likely N-dealkylation sites (tertiary alicyclic amines) is 1. The molecule has 0 aromatic heterocycles. The van der Waals surface area contributed by atoms with Crippen LogP contribution in [-0.4, -0.2) is 48.6 Å². The average Bonchev–Trinajstić information content (AvgIpc) is 3.40. The number of nitrogens with zero attached hydrogens (tertiary/aromatic N) is 2. The van der Waals surface area contributed by atoms with E-state index >= 15 is 0 Å². The van der Waals surface area contributed by atoms with Gasteiger partial charge in [-0.1, -0.05) is 24.3 Å². The second-order valence-corrected chi connectivity index (χ2v) is 8.56. The lowest BCUT2D eigenvalue weighted by molar-refractivity contribution is -0.137. The van der Waals surface area contributed by atoms with Crippen molar-refractivity contribution in [2.45, 2.75) is 37.4 Å². The molecule has 2 aromatic carbocycles. The number of halogens is 1. The number of ether oxygens (including phenoxy) is 2. The van der Waals surface area contributed by atoms with Gasteiger partial charge in [-0.05, 0) is 49.6 Å². The lowest BCUT2D eigenvalue weighted by Gasteiger charge is -2.34. The number of carbonyl (C=O) groups is 1. The van der Waals surface area contributed by atoms with Gasteiger partial charge in [0.1, 0.15) is 11.3 Å². The van der Waals surface area contributed by atoms with Crippen LogP contribution in [0.15, 0.2) is 42.5 Å². The highest BCUT2D eigenvalue weighted by Crippen LogP contribution is 2.56. The van der Waals surface area contributed by atoms with Gasteiger partial charge < -0.3 is 14.4 Å². The Morgan fingerprint density at radius 1 is 1.13 bits per heavy atom. The van der Waals surface area contributed by atoms with Crippen molar-refractivity contribution >= 4 is 5.91 Å². The highest BCUT2D eigenvalue weighted by atomic mass is 19.1. The van der Waals surface area contributed by atoms with Crippen LogP contribution in [0.25, 0.3) is 0 Å². The molecule has 2 aromatic rings. The van der Waals surface area contributed by atoms with Crippen LogP contribution in [0.4, 0.5) is 4.39 Å². The maximum absolute atomic E-state index is 13.9. The van der Waals surface area contributed by atoms with Crippen LogP contribution >= 0.6 is 0 Å². The lowest BCUT2D eigenvalue weighted by atomic mass is 9.85. The van der Waals surface area contributed by atoms with Gasteiger partial charge in [0.25, 0.3) is 0 Å². The third-order valence-electron chi connectivity index (χ3n) is 7.24. The molecule has 30 heavy (non-hydrogen) atoms. The molecule has 5 nitrogen and oxygen atoms in total. The molecule has 3 saturated heterocycles. The zero-order valence-corrected chi connectivity index (χ0v) is 17.4. The highest BCUT2D eigenvalue weighted by molar-refractivity contribution is 5.90. The van der Waals surface area contributed by atoms with Crippen molar-refractivity contribution in [1.29, 1.82) is 0 Å². The summed E-state index contributed by atoms with van der Waals surface area (Å²) in [5.74, 6) is 1.24. The first kappa shape index (κ1) is 19.4. The summed E-state index contributed by atoms with van der Waals surface area (Å²) in [6.07, 6.45) is 2.82. The maximum atomic E-state index is 13.9. The third kappa shape index (κ3) is 2.73. The summed E-state index contributed by atoms with van der Waals surface area (Å²) in [5, 5.41) is 0. The molecule has 6 heteroatoms. The number of carbonyl (C=O) groups excluding carboxylic acids is 1. The summed E-state index contributed by atoms with van der Waals surface area (Å²) in [6.45, 7) is 2.22. The van der Waals surface area contributed by atoms with Crippen LogP contribution in [0.2, 0.25) is 0 Å². The third-order valence-corrected chi connectivity index (χ3v) is 7.24. The number of hydrogen-bond acceptors (Lipinski definition) is 4.